The van der Waals surface area contributed by atoms with Gasteiger partial charge < -0.3 is 19.9 Å². The van der Waals surface area contributed by atoms with E-state index < -0.39 is 24.2 Å². The maximum Gasteiger partial charge on any atom is 0.408 e. The molecule has 1 fully saturated rings. The highest BCUT2D eigenvalue weighted by molar-refractivity contribution is 5.85. The van der Waals surface area contributed by atoms with Gasteiger partial charge in [0.15, 0.2) is 6.04 Å². The van der Waals surface area contributed by atoms with Crippen molar-refractivity contribution in [1.29, 1.82) is 0 Å². The van der Waals surface area contributed by atoms with Crippen LogP contribution in [0.1, 0.15) is 71.1 Å². The van der Waals surface area contributed by atoms with Gasteiger partial charge in [-0.25, -0.2) is 9.59 Å². The van der Waals surface area contributed by atoms with E-state index in [0.717, 1.165) is 12.8 Å². The quantitative estimate of drug-likeness (QED) is 0.401. The van der Waals surface area contributed by atoms with E-state index in [4.69, 9.17) is 4.74 Å². The first kappa shape index (κ1) is 19.7. The molecule has 0 radical (unpaired) electrons. The molecule has 1 aliphatic heterocycles. The molecule has 0 spiro atoms. The van der Waals surface area contributed by atoms with Gasteiger partial charge in [0.1, 0.15) is 13.2 Å². The van der Waals surface area contributed by atoms with E-state index in [1.165, 1.54) is 44.9 Å². The van der Waals surface area contributed by atoms with Gasteiger partial charge in [-0.3, -0.25) is 0 Å². The number of hydrogen-bond acceptors (Lipinski definition) is 5. The monoisotopic (exact) mass is 329 g/mol. The van der Waals surface area contributed by atoms with E-state index in [9.17, 15) is 14.7 Å². The fourth-order valence-corrected chi connectivity index (χ4v) is 2.47. The van der Waals surface area contributed by atoms with Gasteiger partial charge in [-0.1, -0.05) is 64.7 Å². The van der Waals surface area contributed by atoms with E-state index >= 15 is 0 Å². The lowest BCUT2D eigenvalue weighted by atomic mass is 10.1. The van der Waals surface area contributed by atoms with Gasteiger partial charge in [0, 0.05) is 0 Å². The van der Waals surface area contributed by atoms with Gasteiger partial charge in [0.05, 0.1) is 6.10 Å². The van der Waals surface area contributed by atoms with Crippen LogP contribution in [0.15, 0.2) is 0 Å². The van der Waals surface area contributed by atoms with E-state index in [0.29, 0.717) is 6.42 Å². The van der Waals surface area contributed by atoms with Crippen LogP contribution in [0, 0.1) is 0 Å². The second-order valence-electron chi connectivity index (χ2n) is 6.20. The number of aliphatic hydroxyl groups is 1. The molecule has 23 heavy (non-hydrogen) atoms. The fourth-order valence-electron chi connectivity index (χ4n) is 2.47. The van der Waals surface area contributed by atoms with Crippen molar-refractivity contribution in [2.45, 2.75) is 83.3 Å². The van der Waals surface area contributed by atoms with Crippen LogP contribution in [0.5, 0.6) is 0 Å². The van der Waals surface area contributed by atoms with Crippen LogP contribution < -0.4 is 5.32 Å². The molecule has 1 heterocycles. The summed E-state index contributed by atoms with van der Waals surface area (Å²) in [5.41, 5.74) is 0. The predicted octanol–water partition coefficient (Wildman–Crippen LogP) is 2.92. The number of alkyl carbamates (subject to hydrolysis) is 1. The summed E-state index contributed by atoms with van der Waals surface area (Å²) >= 11 is 0. The number of hydrogen-bond donors (Lipinski definition) is 2. The van der Waals surface area contributed by atoms with Gasteiger partial charge in [-0.15, -0.1) is 0 Å². The Labute approximate surface area is 138 Å². The molecule has 6 heteroatoms. The normalized spacial score (nSPS) is 18.0. The average molecular weight is 329 g/mol. The molecular formula is C17H31NO5. The Bertz CT molecular complexity index is 348. The lowest BCUT2D eigenvalue weighted by Crippen LogP contribution is -2.53. The van der Waals surface area contributed by atoms with Crippen molar-refractivity contribution in [3.63, 3.8) is 0 Å². The zero-order chi connectivity index (χ0) is 16.9. The first-order valence-electron chi connectivity index (χ1n) is 8.91. The third kappa shape index (κ3) is 9.43. The van der Waals surface area contributed by atoms with E-state index in [1.807, 2.05) is 0 Å². The Hall–Kier alpha value is -1.30. The third-order valence-corrected chi connectivity index (χ3v) is 4.02. The Balaban J connectivity index is 1.87. The maximum absolute atomic E-state index is 11.4. The van der Waals surface area contributed by atoms with Crippen molar-refractivity contribution in [2.75, 3.05) is 13.2 Å². The summed E-state index contributed by atoms with van der Waals surface area (Å²) in [5.74, 6) is -0.447. The Morgan fingerprint density at radius 2 is 1.83 bits per heavy atom. The zero-order valence-electron chi connectivity index (χ0n) is 14.2. The number of rotatable bonds is 13. The first-order chi connectivity index (χ1) is 11.1. The second-order valence-corrected chi connectivity index (χ2v) is 6.20. The minimum atomic E-state index is -0.683. The zero-order valence-corrected chi connectivity index (χ0v) is 14.2. The highest BCUT2D eigenvalue weighted by atomic mass is 16.6. The SMILES string of the molecule is CCCCCCCCCCC[C@@H](O)COC(=O)NC1COC1=O. The van der Waals surface area contributed by atoms with Crippen molar-refractivity contribution >= 4 is 12.1 Å². The summed E-state index contributed by atoms with van der Waals surface area (Å²) < 4.78 is 9.41. The summed E-state index contributed by atoms with van der Waals surface area (Å²) in [7, 11) is 0. The molecule has 1 unspecified atom stereocenters. The predicted molar refractivity (Wildman–Crippen MR) is 87.1 cm³/mol. The van der Waals surface area contributed by atoms with E-state index in [1.54, 1.807) is 0 Å². The molecule has 0 aliphatic carbocycles. The van der Waals surface area contributed by atoms with Crippen LogP contribution in [0.25, 0.3) is 0 Å². The van der Waals surface area contributed by atoms with Gasteiger partial charge in [-0.05, 0) is 6.42 Å². The van der Waals surface area contributed by atoms with Crippen LogP contribution in [0.3, 0.4) is 0 Å². The molecule has 0 aromatic heterocycles. The van der Waals surface area contributed by atoms with Gasteiger partial charge in [-0.2, -0.15) is 0 Å². The molecule has 2 N–H and O–H groups in total. The van der Waals surface area contributed by atoms with Crippen LogP contribution >= 0.6 is 0 Å². The number of carbonyl (C=O) groups excluding carboxylic acids is 2. The number of nitrogens with one attached hydrogen (secondary N) is 1. The summed E-state index contributed by atoms with van der Waals surface area (Å²) in [4.78, 5) is 22.2. The van der Waals surface area contributed by atoms with Crippen LogP contribution in [0.2, 0.25) is 0 Å². The molecule has 0 aromatic carbocycles. The van der Waals surface area contributed by atoms with E-state index in [-0.39, 0.29) is 13.2 Å². The molecule has 1 amide bonds. The number of esters is 1. The topological polar surface area (TPSA) is 84.9 Å². The van der Waals surface area contributed by atoms with Gasteiger partial charge >= 0.3 is 12.1 Å². The van der Waals surface area contributed by atoms with Crippen LogP contribution in [-0.2, 0) is 14.3 Å². The Kier molecular flexibility index (Phi) is 10.4. The largest absolute Gasteiger partial charge is 0.461 e. The average Bonchev–Trinajstić information content (AvgIpc) is 2.55. The maximum atomic E-state index is 11.4. The number of amides is 1. The van der Waals surface area contributed by atoms with Crippen molar-refractivity contribution in [3.05, 3.63) is 0 Å². The number of carbonyl (C=O) groups is 2. The molecule has 1 aliphatic rings. The van der Waals surface area contributed by atoms with Gasteiger partial charge in [0.25, 0.3) is 0 Å². The minimum Gasteiger partial charge on any atom is -0.461 e. The molecule has 1 rings (SSSR count). The Morgan fingerprint density at radius 3 is 2.35 bits per heavy atom. The first-order valence-corrected chi connectivity index (χ1v) is 8.91. The van der Waals surface area contributed by atoms with Crippen molar-refractivity contribution in [1.82, 2.24) is 5.32 Å². The molecule has 6 nitrogen and oxygen atoms in total. The van der Waals surface area contributed by atoms with Crippen molar-refractivity contribution in [2.24, 2.45) is 0 Å². The number of ether oxygens (including phenoxy) is 2. The summed E-state index contributed by atoms with van der Waals surface area (Å²) in [6.07, 6.45) is 10.4. The lowest BCUT2D eigenvalue weighted by molar-refractivity contribution is -0.162. The summed E-state index contributed by atoms with van der Waals surface area (Å²) in [6, 6.07) is -0.600. The van der Waals surface area contributed by atoms with Crippen molar-refractivity contribution < 1.29 is 24.2 Å². The summed E-state index contributed by atoms with van der Waals surface area (Å²) in [6.45, 7) is 2.37. The molecule has 0 bridgehead atoms. The number of cyclic esters (lactones) is 1. The molecule has 0 aromatic rings. The highest BCUT2D eigenvalue weighted by Crippen LogP contribution is 2.11. The molecule has 134 valence electrons. The summed E-state index contributed by atoms with van der Waals surface area (Å²) in [5, 5.41) is 12.1. The van der Waals surface area contributed by atoms with Crippen LogP contribution in [0.4, 0.5) is 4.79 Å². The molecule has 1 saturated heterocycles. The van der Waals surface area contributed by atoms with Gasteiger partial charge in [0.2, 0.25) is 0 Å². The number of aliphatic hydroxyl groups excluding tert-OH is 1. The van der Waals surface area contributed by atoms with Crippen LogP contribution in [-0.4, -0.2) is 42.5 Å². The number of unbranched alkanes of at least 4 members (excludes halogenated alkanes) is 8. The molecular weight excluding hydrogens is 298 g/mol. The Morgan fingerprint density at radius 1 is 1.22 bits per heavy atom. The lowest BCUT2D eigenvalue weighted by Gasteiger charge is -2.24. The second kappa shape index (κ2) is 12.2. The fraction of sp³-hybridized carbons (Fsp3) is 0.882. The highest BCUT2D eigenvalue weighted by Gasteiger charge is 2.32. The molecule has 2 atom stereocenters. The smallest absolute Gasteiger partial charge is 0.408 e. The van der Waals surface area contributed by atoms with Crippen molar-refractivity contribution in [3.8, 4) is 0 Å². The van der Waals surface area contributed by atoms with E-state index in [2.05, 4.69) is 17.0 Å². The standard InChI is InChI=1S/C17H31NO5/c1-2-3-4-5-6-7-8-9-10-11-14(19)12-23-17(21)18-15-13-22-16(15)20/h14-15,19H,2-13H2,1H3,(H,18,21)/t14-,15?/m1/s1. The minimum absolute atomic E-state index is 0.0371. The third-order valence-electron chi connectivity index (χ3n) is 4.02. The molecule has 0 saturated carbocycles.